The molecule has 0 aromatic heterocycles. The summed E-state index contributed by atoms with van der Waals surface area (Å²) < 4.78 is 0. The first kappa shape index (κ1) is 17.0. The number of benzene rings is 1. The van der Waals surface area contributed by atoms with Crippen LogP contribution in [0.3, 0.4) is 0 Å². The van der Waals surface area contributed by atoms with Gasteiger partial charge in [-0.2, -0.15) is 0 Å². The fourth-order valence-electron chi connectivity index (χ4n) is 1.68. The number of halogens is 1. The topological polar surface area (TPSA) is 95.5 Å². The monoisotopic (exact) mass is 312 g/mol. The second-order valence-corrected chi connectivity index (χ2v) is 4.89. The quantitative estimate of drug-likeness (QED) is 0.673. The highest BCUT2D eigenvalue weighted by Gasteiger charge is 2.11. The molecule has 0 aliphatic carbocycles. The SMILES string of the molecule is CC(=O)Nc1ccc(Cl)c(C(=O)NCCCCC(=O)O)c1. The maximum Gasteiger partial charge on any atom is 0.303 e. The van der Waals surface area contributed by atoms with Gasteiger partial charge >= 0.3 is 5.97 Å². The number of carbonyl (C=O) groups is 3. The lowest BCUT2D eigenvalue weighted by Crippen LogP contribution is -2.25. The van der Waals surface area contributed by atoms with Crippen LogP contribution in [0.2, 0.25) is 5.02 Å². The third-order valence-electron chi connectivity index (χ3n) is 2.63. The smallest absolute Gasteiger partial charge is 0.303 e. The number of aliphatic carboxylic acids is 1. The van der Waals surface area contributed by atoms with Crippen LogP contribution in [-0.4, -0.2) is 29.4 Å². The van der Waals surface area contributed by atoms with Gasteiger partial charge in [0.05, 0.1) is 10.6 Å². The van der Waals surface area contributed by atoms with Crippen molar-refractivity contribution in [2.75, 3.05) is 11.9 Å². The highest BCUT2D eigenvalue weighted by atomic mass is 35.5. The predicted molar refractivity (Wildman–Crippen MR) is 79.6 cm³/mol. The van der Waals surface area contributed by atoms with E-state index in [-0.39, 0.29) is 28.8 Å². The molecule has 0 fully saturated rings. The average molecular weight is 313 g/mol. The molecule has 3 N–H and O–H groups in total. The van der Waals surface area contributed by atoms with E-state index in [0.29, 0.717) is 25.1 Å². The minimum Gasteiger partial charge on any atom is -0.481 e. The summed E-state index contributed by atoms with van der Waals surface area (Å²) in [5, 5.41) is 14.0. The Morgan fingerprint density at radius 1 is 1.24 bits per heavy atom. The van der Waals surface area contributed by atoms with Crippen molar-refractivity contribution in [3.8, 4) is 0 Å². The largest absolute Gasteiger partial charge is 0.481 e. The number of hydrogen-bond acceptors (Lipinski definition) is 3. The van der Waals surface area contributed by atoms with E-state index in [2.05, 4.69) is 10.6 Å². The predicted octanol–water partition coefficient (Wildman–Crippen LogP) is 2.28. The number of unbranched alkanes of at least 4 members (excludes halogenated alkanes) is 1. The zero-order valence-corrected chi connectivity index (χ0v) is 12.4. The van der Waals surface area contributed by atoms with Gasteiger partial charge in [0.15, 0.2) is 0 Å². The Labute approximate surface area is 127 Å². The van der Waals surface area contributed by atoms with Crippen molar-refractivity contribution < 1.29 is 19.5 Å². The van der Waals surface area contributed by atoms with Crippen molar-refractivity contribution in [2.45, 2.75) is 26.2 Å². The van der Waals surface area contributed by atoms with Gasteiger partial charge in [-0.3, -0.25) is 14.4 Å². The zero-order chi connectivity index (χ0) is 15.8. The third-order valence-corrected chi connectivity index (χ3v) is 2.96. The Hall–Kier alpha value is -2.08. The van der Waals surface area contributed by atoms with Gasteiger partial charge in [0.25, 0.3) is 5.91 Å². The van der Waals surface area contributed by atoms with Crippen LogP contribution in [0.15, 0.2) is 18.2 Å². The van der Waals surface area contributed by atoms with Gasteiger partial charge in [0.1, 0.15) is 0 Å². The fraction of sp³-hybridized carbons (Fsp3) is 0.357. The Morgan fingerprint density at radius 3 is 2.57 bits per heavy atom. The lowest BCUT2D eigenvalue weighted by atomic mass is 10.1. The Balaban J connectivity index is 2.56. The molecule has 0 unspecified atom stereocenters. The molecule has 0 aliphatic rings. The molecule has 0 radical (unpaired) electrons. The van der Waals surface area contributed by atoms with Crippen molar-refractivity contribution >= 4 is 35.1 Å². The van der Waals surface area contributed by atoms with Gasteiger partial charge in [0.2, 0.25) is 5.91 Å². The third kappa shape index (κ3) is 6.27. The number of anilines is 1. The maximum atomic E-state index is 12.0. The Morgan fingerprint density at radius 2 is 1.95 bits per heavy atom. The Kier molecular flexibility index (Phi) is 6.68. The van der Waals surface area contributed by atoms with Crippen LogP contribution >= 0.6 is 11.6 Å². The van der Waals surface area contributed by atoms with E-state index in [9.17, 15) is 14.4 Å². The molecule has 6 nitrogen and oxygen atoms in total. The molecule has 0 heterocycles. The number of carboxylic acid groups (broad SMARTS) is 1. The van der Waals surface area contributed by atoms with Gasteiger partial charge < -0.3 is 15.7 Å². The summed E-state index contributed by atoms with van der Waals surface area (Å²) in [6, 6.07) is 4.63. The van der Waals surface area contributed by atoms with Gasteiger partial charge in [0, 0.05) is 25.6 Å². The molecule has 0 saturated heterocycles. The van der Waals surface area contributed by atoms with Gasteiger partial charge in [-0.15, -0.1) is 0 Å². The summed E-state index contributed by atoms with van der Waals surface area (Å²) in [5.41, 5.74) is 0.754. The number of amides is 2. The van der Waals surface area contributed by atoms with Gasteiger partial charge in [-0.25, -0.2) is 0 Å². The molecule has 0 spiro atoms. The van der Waals surface area contributed by atoms with E-state index in [1.807, 2.05) is 0 Å². The lowest BCUT2D eigenvalue weighted by Gasteiger charge is -2.09. The van der Waals surface area contributed by atoms with Gasteiger partial charge in [-0.1, -0.05) is 11.6 Å². The van der Waals surface area contributed by atoms with E-state index in [1.54, 1.807) is 6.07 Å². The standard InChI is InChI=1S/C14H17ClN2O4/c1-9(18)17-10-5-6-12(15)11(8-10)14(21)16-7-3-2-4-13(19)20/h5-6,8H,2-4,7H2,1H3,(H,16,21)(H,17,18)(H,19,20). The van der Waals surface area contributed by atoms with Crippen LogP contribution in [0.1, 0.15) is 36.5 Å². The van der Waals surface area contributed by atoms with E-state index >= 15 is 0 Å². The molecule has 0 aliphatic heterocycles. The molecule has 1 aromatic carbocycles. The zero-order valence-electron chi connectivity index (χ0n) is 11.6. The van der Waals surface area contributed by atoms with E-state index in [0.717, 1.165) is 0 Å². The molecular formula is C14H17ClN2O4. The van der Waals surface area contributed by atoms with Crippen LogP contribution in [-0.2, 0) is 9.59 Å². The second kappa shape index (κ2) is 8.26. The molecule has 0 atom stereocenters. The molecular weight excluding hydrogens is 296 g/mol. The van der Waals surface area contributed by atoms with E-state index in [1.165, 1.54) is 19.1 Å². The van der Waals surface area contributed by atoms with Crippen LogP contribution in [0.4, 0.5) is 5.69 Å². The number of carbonyl (C=O) groups excluding carboxylic acids is 2. The normalized spacial score (nSPS) is 10.0. The van der Waals surface area contributed by atoms with Crippen molar-refractivity contribution in [3.63, 3.8) is 0 Å². The molecule has 0 saturated carbocycles. The molecule has 0 bridgehead atoms. The molecule has 114 valence electrons. The van der Waals surface area contributed by atoms with Gasteiger partial charge in [-0.05, 0) is 31.0 Å². The molecule has 1 rings (SSSR count). The average Bonchev–Trinajstić information content (AvgIpc) is 2.39. The summed E-state index contributed by atoms with van der Waals surface area (Å²) >= 11 is 5.96. The molecule has 1 aromatic rings. The summed E-state index contributed by atoms with van der Waals surface area (Å²) in [6.45, 7) is 1.74. The highest BCUT2D eigenvalue weighted by Crippen LogP contribution is 2.20. The van der Waals surface area contributed by atoms with Crippen molar-refractivity contribution in [3.05, 3.63) is 28.8 Å². The Bertz CT molecular complexity index is 546. The molecule has 2 amide bonds. The van der Waals surface area contributed by atoms with E-state index in [4.69, 9.17) is 16.7 Å². The first-order chi connectivity index (χ1) is 9.90. The highest BCUT2D eigenvalue weighted by molar-refractivity contribution is 6.34. The minimum absolute atomic E-state index is 0.0780. The maximum absolute atomic E-state index is 12.0. The molecule has 7 heteroatoms. The van der Waals surface area contributed by atoms with Crippen molar-refractivity contribution in [1.29, 1.82) is 0 Å². The first-order valence-corrected chi connectivity index (χ1v) is 6.85. The van der Waals surface area contributed by atoms with Crippen LogP contribution in [0, 0.1) is 0 Å². The summed E-state index contributed by atoms with van der Waals surface area (Å²) in [5.74, 6) is -1.45. The minimum atomic E-state index is -0.854. The van der Waals surface area contributed by atoms with Crippen molar-refractivity contribution in [2.24, 2.45) is 0 Å². The number of hydrogen-bond donors (Lipinski definition) is 3. The van der Waals surface area contributed by atoms with Crippen LogP contribution in [0.5, 0.6) is 0 Å². The number of rotatable bonds is 7. The lowest BCUT2D eigenvalue weighted by molar-refractivity contribution is -0.137. The van der Waals surface area contributed by atoms with Crippen LogP contribution in [0.25, 0.3) is 0 Å². The second-order valence-electron chi connectivity index (χ2n) is 4.48. The summed E-state index contributed by atoms with van der Waals surface area (Å²) in [7, 11) is 0. The van der Waals surface area contributed by atoms with E-state index < -0.39 is 5.97 Å². The fourth-order valence-corrected chi connectivity index (χ4v) is 1.88. The van der Waals surface area contributed by atoms with Crippen molar-refractivity contribution in [1.82, 2.24) is 5.32 Å². The first-order valence-electron chi connectivity index (χ1n) is 6.47. The number of carboxylic acids is 1. The molecule has 21 heavy (non-hydrogen) atoms. The summed E-state index contributed by atoms with van der Waals surface area (Å²) in [4.78, 5) is 33.3. The summed E-state index contributed by atoms with van der Waals surface area (Å²) in [6.07, 6.45) is 1.14. The van der Waals surface area contributed by atoms with Crippen LogP contribution < -0.4 is 10.6 Å². The number of nitrogens with one attached hydrogen (secondary N) is 2.